The number of aromatic nitrogens is 1. The first-order chi connectivity index (χ1) is 18.9. The van der Waals surface area contributed by atoms with E-state index < -0.39 is 18.4 Å². The first-order valence-electron chi connectivity index (χ1n) is 12.6. The van der Waals surface area contributed by atoms with Gasteiger partial charge in [-0.15, -0.1) is 31.4 Å². The van der Waals surface area contributed by atoms with Crippen LogP contribution in [0.2, 0.25) is 0 Å². The smallest absolute Gasteiger partial charge is 0.479 e. The van der Waals surface area contributed by atoms with E-state index in [4.69, 9.17) is 21.4 Å². The van der Waals surface area contributed by atoms with Gasteiger partial charge in [0.2, 0.25) is 0 Å². The monoisotopic (exact) mass is 581 g/mol. The molecule has 0 aliphatic heterocycles. The lowest BCUT2D eigenvalue weighted by atomic mass is 10.0. The second kappa shape index (κ2) is 18.6. The van der Waals surface area contributed by atoms with Gasteiger partial charge < -0.3 is 19.1 Å². The number of aliphatic carboxylic acids is 1. The number of hydrogen-bond donors (Lipinski definition) is 1. The first-order valence-corrected chi connectivity index (χ1v) is 13.1. The molecule has 3 rings (SSSR count). The predicted molar refractivity (Wildman–Crippen MR) is 159 cm³/mol. The van der Waals surface area contributed by atoms with Crippen LogP contribution in [0, 0.1) is 6.92 Å². The lowest BCUT2D eigenvalue weighted by Crippen LogP contribution is -2.22. The third kappa shape index (κ3) is 12.5. The molecule has 3 aromatic rings. The van der Waals surface area contributed by atoms with E-state index in [0.717, 1.165) is 22.3 Å². The number of carbonyl (C=O) groups is 1. The molecule has 0 aliphatic carbocycles. The van der Waals surface area contributed by atoms with Gasteiger partial charge in [-0.3, -0.25) is 0 Å². The topological polar surface area (TPSA) is 60.7 Å². The molecular formula is C31H39ClF3NO4. The maximum absolute atomic E-state index is 12.6. The molecule has 220 valence electrons. The number of halogens is 4. The minimum Gasteiger partial charge on any atom is -0.479 e. The van der Waals surface area contributed by atoms with Crippen molar-refractivity contribution in [2.75, 3.05) is 5.88 Å². The highest BCUT2D eigenvalue weighted by molar-refractivity contribution is 6.18. The summed E-state index contributed by atoms with van der Waals surface area (Å²) in [5, 5.41) is 9.66. The van der Waals surface area contributed by atoms with E-state index in [1.54, 1.807) is 36.4 Å². The summed E-state index contributed by atoms with van der Waals surface area (Å²) in [6.45, 7) is 16.1. The van der Waals surface area contributed by atoms with Gasteiger partial charge in [-0.25, -0.2) is 4.79 Å². The van der Waals surface area contributed by atoms with Crippen LogP contribution in [0.5, 0.6) is 11.5 Å². The minimum absolute atomic E-state index is 0.274. The number of allylic oxidation sites excluding steroid dienone is 4. The van der Waals surface area contributed by atoms with Crippen LogP contribution in [0.4, 0.5) is 13.2 Å². The van der Waals surface area contributed by atoms with Gasteiger partial charge in [0.05, 0.1) is 0 Å². The van der Waals surface area contributed by atoms with Gasteiger partial charge in [0.1, 0.15) is 11.5 Å². The van der Waals surface area contributed by atoms with Gasteiger partial charge in [-0.05, 0) is 68.7 Å². The van der Waals surface area contributed by atoms with E-state index in [-0.39, 0.29) is 5.75 Å². The number of hydrogen-bond acceptors (Lipinski definition) is 3. The number of carboxylic acid groups (broad SMARTS) is 1. The normalized spacial score (nSPS) is 11.2. The molecule has 1 heterocycles. The average molecular weight is 582 g/mol. The molecule has 0 bridgehead atoms. The molecule has 5 nitrogen and oxygen atoms in total. The van der Waals surface area contributed by atoms with Crippen molar-refractivity contribution in [3.05, 3.63) is 96.7 Å². The number of rotatable bonds is 8. The molecule has 0 spiro atoms. The van der Waals surface area contributed by atoms with Crippen molar-refractivity contribution in [2.45, 2.75) is 53.5 Å². The summed E-state index contributed by atoms with van der Waals surface area (Å²) in [6.07, 6.45) is 1.90. The average Bonchev–Trinajstić information content (AvgIpc) is 3.14. The Labute approximate surface area is 240 Å². The van der Waals surface area contributed by atoms with Crippen molar-refractivity contribution in [2.24, 2.45) is 7.05 Å². The number of alkyl halides is 4. The molecule has 0 saturated carbocycles. The Morgan fingerprint density at radius 3 is 2.25 bits per heavy atom. The van der Waals surface area contributed by atoms with Gasteiger partial charge in [0.15, 0.2) is 6.10 Å². The van der Waals surface area contributed by atoms with E-state index >= 15 is 0 Å². The molecule has 1 atom stereocenters. The summed E-state index contributed by atoms with van der Waals surface area (Å²) < 4.78 is 49.2. The Morgan fingerprint density at radius 2 is 1.77 bits per heavy atom. The number of benzene rings is 2. The van der Waals surface area contributed by atoms with Crippen LogP contribution < -0.4 is 9.47 Å². The summed E-state index contributed by atoms with van der Waals surface area (Å²) in [6, 6.07) is 11.3. The number of nitrogens with zero attached hydrogens (tertiary/aromatic N) is 1. The lowest BCUT2D eigenvalue weighted by Gasteiger charge is -2.12. The van der Waals surface area contributed by atoms with Crippen LogP contribution in [0.1, 0.15) is 44.5 Å². The van der Waals surface area contributed by atoms with Crippen LogP contribution in [0.3, 0.4) is 0 Å². The summed E-state index contributed by atoms with van der Waals surface area (Å²) in [4.78, 5) is 11.0. The summed E-state index contributed by atoms with van der Waals surface area (Å²) in [5.74, 6) is -0.377. The molecular weight excluding hydrogens is 543 g/mol. The molecule has 0 radical (unpaired) electrons. The van der Waals surface area contributed by atoms with Gasteiger partial charge in [0.25, 0.3) is 0 Å². The SMILES string of the molecule is C=C/C=C/C.C=CCCl.CC.Cc1c(Cc2cccc(OC(C)C(=O)O)c2)c2cc(OC(F)(F)F)ccc2n1C. The molecule has 0 amide bonds. The van der Waals surface area contributed by atoms with E-state index in [1.807, 2.05) is 57.5 Å². The van der Waals surface area contributed by atoms with Crippen LogP contribution in [-0.2, 0) is 18.3 Å². The Hall–Kier alpha value is -3.65. The quantitative estimate of drug-likeness (QED) is 0.164. The zero-order valence-electron chi connectivity index (χ0n) is 23.9. The van der Waals surface area contributed by atoms with E-state index in [0.29, 0.717) is 23.4 Å². The molecule has 1 unspecified atom stereocenters. The lowest BCUT2D eigenvalue weighted by molar-refractivity contribution is -0.274. The summed E-state index contributed by atoms with van der Waals surface area (Å²) in [5.41, 5.74) is 3.41. The maximum atomic E-state index is 12.6. The Balaban J connectivity index is 0.00000119. The van der Waals surface area contributed by atoms with Gasteiger partial charge >= 0.3 is 12.3 Å². The van der Waals surface area contributed by atoms with Crippen molar-refractivity contribution in [1.29, 1.82) is 0 Å². The molecule has 0 aliphatic rings. The van der Waals surface area contributed by atoms with Gasteiger partial charge in [-0.2, -0.15) is 0 Å². The fourth-order valence-electron chi connectivity index (χ4n) is 3.37. The first kappa shape index (κ1) is 36.4. The van der Waals surface area contributed by atoms with Crippen LogP contribution >= 0.6 is 11.6 Å². The predicted octanol–water partition coefficient (Wildman–Crippen LogP) is 9.01. The largest absolute Gasteiger partial charge is 0.573 e. The highest BCUT2D eigenvalue weighted by Gasteiger charge is 2.31. The second-order valence-corrected chi connectivity index (χ2v) is 8.29. The maximum Gasteiger partial charge on any atom is 0.573 e. The molecule has 40 heavy (non-hydrogen) atoms. The fourth-order valence-corrected chi connectivity index (χ4v) is 3.37. The highest BCUT2D eigenvalue weighted by atomic mass is 35.5. The van der Waals surface area contributed by atoms with Crippen molar-refractivity contribution < 1.29 is 32.5 Å². The minimum atomic E-state index is -4.76. The number of fused-ring (bicyclic) bond motifs is 1. The van der Waals surface area contributed by atoms with Crippen LogP contribution in [0.25, 0.3) is 10.9 Å². The van der Waals surface area contributed by atoms with Crippen LogP contribution in [0.15, 0.2) is 79.9 Å². The van der Waals surface area contributed by atoms with E-state index in [2.05, 4.69) is 17.9 Å². The standard InChI is InChI=1S/C21H20F3NO4.C5H8.C3H5Cl.C2H6/c1-12-17(10-14-5-4-6-15(9-14)28-13(2)20(26)27)18-11-16(29-21(22,23)24)7-8-19(18)25(12)3;1-3-5-4-2;1-2-3-4;1-2/h4-9,11,13H,10H2,1-3H3,(H,26,27);3-5H,1H2,2H3;2H,1,3H2;1-2H3/b;5-4+;;. The van der Waals surface area contributed by atoms with Gasteiger partial charge in [0, 0.05) is 29.5 Å². The zero-order chi connectivity index (χ0) is 30.9. The van der Waals surface area contributed by atoms with Crippen molar-refractivity contribution in [3.8, 4) is 11.5 Å². The second-order valence-electron chi connectivity index (χ2n) is 7.98. The van der Waals surface area contributed by atoms with E-state index in [1.165, 1.54) is 19.1 Å². The Morgan fingerprint density at radius 1 is 1.15 bits per heavy atom. The van der Waals surface area contributed by atoms with Crippen molar-refractivity contribution in [3.63, 3.8) is 0 Å². The zero-order valence-corrected chi connectivity index (χ0v) is 24.6. The Kier molecular flexibility index (Phi) is 16.9. The molecule has 2 aromatic carbocycles. The third-order valence-corrected chi connectivity index (χ3v) is 5.42. The molecule has 0 fully saturated rings. The van der Waals surface area contributed by atoms with Gasteiger partial charge in [-0.1, -0.05) is 56.9 Å². The molecule has 0 saturated heterocycles. The summed E-state index contributed by atoms with van der Waals surface area (Å²) >= 11 is 5.07. The number of aryl methyl sites for hydroxylation is 1. The van der Waals surface area contributed by atoms with Crippen LogP contribution in [-0.4, -0.2) is 34.0 Å². The molecule has 1 N–H and O–H groups in total. The van der Waals surface area contributed by atoms with Crippen molar-refractivity contribution >= 4 is 28.5 Å². The fraction of sp³-hybridized carbons (Fsp3) is 0.323. The number of carboxylic acids is 1. The van der Waals surface area contributed by atoms with E-state index in [9.17, 15) is 18.0 Å². The Bertz CT molecular complexity index is 1250. The van der Waals surface area contributed by atoms with Crippen molar-refractivity contribution in [1.82, 2.24) is 4.57 Å². The third-order valence-electron chi connectivity index (χ3n) is 5.21. The molecule has 1 aromatic heterocycles. The molecule has 9 heteroatoms. The number of ether oxygens (including phenoxy) is 2. The highest BCUT2D eigenvalue weighted by Crippen LogP contribution is 2.33. The summed E-state index contributed by atoms with van der Waals surface area (Å²) in [7, 11) is 1.85.